The molecule has 2 aliphatic rings. The fraction of sp³-hybridized carbons (Fsp3) is 0.500. The number of nitrogens with one attached hydrogen (secondary N) is 1. The van der Waals surface area contributed by atoms with Gasteiger partial charge in [0.2, 0.25) is 30.9 Å². The zero-order chi connectivity index (χ0) is 45.9. The topological polar surface area (TPSA) is 285 Å². The van der Waals surface area contributed by atoms with Crippen LogP contribution in [0.15, 0.2) is 48.5 Å². The number of para-hydroxylation sites is 2. The normalized spacial score (nSPS) is 26.5. The van der Waals surface area contributed by atoms with Gasteiger partial charge in [-0.15, -0.1) is 0 Å². The molecule has 338 valence electrons. The minimum Gasteiger partial charge on any atom is -0.463 e. The van der Waals surface area contributed by atoms with Crippen molar-refractivity contribution in [1.82, 2.24) is 0 Å². The molecule has 0 aliphatic carbocycles. The first-order valence-electron chi connectivity index (χ1n) is 18.9. The second-order valence-corrected chi connectivity index (χ2v) is 13.8. The lowest BCUT2D eigenvalue weighted by Crippen LogP contribution is -2.74. The average Bonchev–Trinajstić information content (AvgIpc) is 3.15. The predicted octanol–water partition coefficient (Wildman–Crippen LogP) is 1.63. The standard InChI is InChI=1S/C40H48N2O20/c1-19(43)51-17-31-33(53-21(3)45)34(54-22(4)46)35(55-23(5)47)38(60-31)59-30-12-10-9-11-29(30)42-40(62-26(8)50)32(18-52-20(2)44)61-39(58-28-15-13-27(41)14-16-28)36(56-24(6)48)37(40)57-25(7)49/h9-16,31-39,42H,17-18,41H2,1-8H3/t31-,32-,33-,34+,35+,36-,37-,38?,39?,40+/m1/s1. The molecule has 2 saturated heterocycles. The highest BCUT2D eigenvalue weighted by atomic mass is 16.8. The molecule has 2 aromatic rings. The summed E-state index contributed by atoms with van der Waals surface area (Å²) >= 11 is 0. The second-order valence-electron chi connectivity index (χ2n) is 13.8. The second kappa shape index (κ2) is 21.2. The highest BCUT2D eigenvalue weighted by Gasteiger charge is 2.64. The van der Waals surface area contributed by atoms with E-state index in [-0.39, 0.29) is 17.2 Å². The number of nitrogens with two attached hydrogens (primary N) is 1. The number of hydrogen-bond donors (Lipinski definition) is 2. The average molecular weight is 877 g/mol. The fourth-order valence-electron chi connectivity index (χ4n) is 6.51. The van der Waals surface area contributed by atoms with E-state index >= 15 is 0 Å². The molecule has 4 rings (SSSR count). The molecule has 0 saturated carbocycles. The Labute approximate surface area is 354 Å². The largest absolute Gasteiger partial charge is 0.463 e. The van der Waals surface area contributed by atoms with Crippen LogP contribution in [-0.2, 0) is 85.7 Å². The first-order chi connectivity index (χ1) is 29.2. The molecule has 2 heterocycles. The summed E-state index contributed by atoms with van der Waals surface area (Å²) in [4.78, 5) is 100. The fourth-order valence-corrected chi connectivity index (χ4v) is 6.51. The van der Waals surface area contributed by atoms with Crippen molar-refractivity contribution in [1.29, 1.82) is 0 Å². The van der Waals surface area contributed by atoms with E-state index in [4.69, 9.17) is 62.6 Å². The number of esters is 8. The van der Waals surface area contributed by atoms with Gasteiger partial charge < -0.3 is 67.9 Å². The van der Waals surface area contributed by atoms with Crippen molar-refractivity contribution < 1.29 is 95.2 Å². The van der Waals surface area contributed by atoms with Gasteiger partial charge in [0.25, 0.3) is 5.72 Å². The van der Waals surface area contributed by atoms with Crippen LogP contribution in [0.3, 0.4) is 0 Å². The van der Waals surface area contributed by atoms with Gasteiger partial charge in [0.15, 0.2) is 18.3 Å². The molecule has 10 atom stereocenters. The molecule has 0 radical (unpaired) electrons. The minimum atomic E-state index is -2.49. The Hall–Kier alpha value is -6.68. The first kappa shape index (κ1) is 48.0. The van der Waals surface area contributed by atoms with Crippen molar-refractivity contribution in [2.45, 2.75) is 116 Å². The number of carbonyl (C=O) groups is 8. The number of hydrogen-bond acceptors (Lipinski definition) is 22. The van der Waals surface area contributed by atoms with Crippen LogP contribution in [0.2, 0.25) is 0 Å². The molecule has 0 spiro atoms. The van der Waals surface area contributed by atoms with Crippen molar-refractivity contribution in [2.24, 2.45) is 0 Å². The first-order valence-corrected chi connectivity index (χ1v) is 18.9. The van der Waals surface area contributed by atoms with Gasteiger partial charge in [-0.1, -0.05) is 12.1 Å². The summed E-state index contributed by atoms with van der Waals surface area (Å²) in [5.41, 5.74) is 3.61. The highest BCUT2D eigenvalue weighted by Crippen LogP contribution is 2.42. The van der Waals surface area contributed by atoms with Crippen molar-refractivity contribution in [3.8, 4) is 11.5 Å². The Balaban J connectivity index is 1.91. The summed E-state index contributed by atoms with van der Waals surface area (Å²) in [6.07, 6.45) is -14.8. The summed E-state index contributed by atoms with van der Waals surface area (Å²) in [6, 6.07) is 11.7. The number of carbonyl (C=O) groups excluding carboxylic acids is 8. The number of benzene rings is 2. The Morgan fingerprint density at radius 3 is 1.65 bits per heavy atom. The summed E-state index contributed by atoms with van der Waals surface area (Å²) < 4.78 is 69.2. The van der Waals surface area contributed by atoms with Gasteiger partial charge >= 0.3 is 47.8 Å². The molecular formula is C40H48N2O20. The van der Waals surface area contributed by atoms with E-state index in [0.717, 1.165) is 55.4 Å². The van der Waals surface area contributed by atoms with Gasteiger partial charge in [0.1, 0.15) is 30.8 Å². The smallest absolute Gasteiger partial charge is 0.304 e. The lowest BCUT2D eigenvalue weighted by Gasteiger charge is -2.51. The zero-order valence-corrected chi connectivity index (χ0v) is 35.0. The van der Waals surface area contributed by atoms with E-state index in [0.29, 0.717) is 5.69 Å². The van der Waals surface area contributed by atoms with E-state index in [1.54, 1.807) is 0 Å². The lowest BCUT2D eigenvalue weighted by atomic mass is 9.90. The van der Waals surface area contributed by atoms with Gasteiger partial charge in [0.05, 0.1) is 5.69 Å². The third kappa shape index (κ3) is 12.9. The number of ether oxygens (including phenoxy) is 12. The van der Waals surface area contributed by atoms with Crippen LogP contribution in [0, 0.1) is 0 Å². The van der Waals surface area contributed by atoms with Crippen LogP contribution in [0.1, 0.15) is 55.4 Å². The van der Waals surface area contributed by atoms with Gasteiger partial charge in [-0.3, -0.25) is 38.4 Å². The van der Waals surface area contributed by atoms with Crippen molar-refractivity contribution in [2.75, 3.05) is 24.3 Å². The minimum absolute atomic E-state index is 0.116. The Morgan fingerprint density at radius 1 is 0.565 bits per heavy atom. The SMILES string of the molecule is CC(=O)OC[C@H]1OC(Oc2ccccc2N[C@@]2(OC(C)=O)[C@H](OC(C)=O)[C@@H](OC(C)=O)C(Oc3ccc(N)cc3)O[C@@H]2COC(C)=O)[C@@H](OC(C)=O)[C@@H](OC(C)=O)[C@@H]1OC(C)=O. The molecule has 2 unspecified atom stereocenters. The molecular weight excluding hydrogens is 828 g/mol. The third-order valence-electron chi connectivity index (χ3n) is 8.65. The van der Waals surface area contributed by atoms with E-state index in [2.05, 4.69) is 5.32 Å². The molecule has 3 N–H and O–H groups in total. The quantitative estimate of drug-likeness (QED) is 0.105. The molecule has 2 aliphatic heterocycles. The highest BCUT2D eigenvalue weighted by molar-refractivity contribution is 5.71. The van der Waals surface area contributed by atoms with Gasteiger partial charge in [-0.05, 0) is 36.4 Å². The van der Waals surface area contributed by atoms with Crippen molar-refractivity contribution >= 4 is 59.1 Å². The molecule has 2 fully saturated rings. The van der Waals surface area contributed by atoms with E-state index in [1.807, 2.05) is 0 Å². The Morgan fingerprint density at radius 2 is 1.08 bits per heavy atom. The van der Waals surface area contributed by atoms with E-state index in [1.165, 1.54) is 48.5 Å². The Kier molecular flexibility index (Phi) is 16.4. The molecule has 0 amide bonds. The third-order valence-corrected chi connectivity index (χ3v) is 8.65. The summed E-state index contributed by atoms with van der Waals surface area (Å²) in [6.45, 7) is 7.15. The van der Waals surface area contributed by atoms with Crippen LogP contribution in [-0.4, -0.2) is 122 Å². The molecule has 0 bridgehead atoms. The summed E-state index contributed by atoms with van der Waals surface area (Å²) in [5.74, 6) is -7.16. The predicted molar refractivity (Wildman–Crippen MR) is 205 cm³/mol. The van der Waals surface area contributed by atoms with Gasteiger partial charge in [-0.2, -0.15) is 0 Å². The van der Waals surface area contributed by atoms with Crippen LogP contribution in [0.5, 0.6) is 11.5 Å². The monoisotopic (exact) mass is 876 g/mol. The lowest BCUT2D eigenvalue weighted by molar-refractivity contribution is -0.313. The summed E-state index contributed by atoms with van der Waals surface area (Å²) in [5, 5.41) is 2.98. The van der Waals surface area contributed by atoms with Crippen LogP contribution in [0.25, 0.3) is 0 Å². The summed E-state index contributed by atoms with van der Waals surface area (Å²) in [7, 11) is 0. The zero-order valence-electron chi connectivity index (χ0n) is 35.0. The van der Waals surface area contributed by atoms with Crippen LogP contribution < -0.4 is 20.5 Å². The molecule has 2 aromatic carbocycles. The number of nitrogen functional groups attached to an aromatic ring is 1. The molecule has 22 heteroatoms. The molecule has 22 nitrogen and oxygen atoms in total. The van der Waals surface area contributed by atoms with Crippen LogP contribution >= 0.6 is 0 Å². The molecule has 0 aromatic heterocycles. The van der Waals surface area contributed by atoms with E-state index < -0.39 is 122 Å². The number of anilines is 2. The van der Waals surface area contributed by atoms with E-state index in [9.17, 15) is 38.4 Å². The number of rotatable bonds is 16. The van der Waals surface area contributed by atoms with Crippen LogP contribution in [0.4, 0.5) is 11.4 Å². The molecule has 62 heavy (non-hydrogen) atoms. The van der Waals surface area contributed by atoms with Gasteiger partial charge in [0, 0.05) is 61.1 Å². The maximum atomic E-state index is 13.2. The Bertz CT molecular complexity index is 1970. The van der Waals surface area contributed by atoms with Crippen molar-refractivity contribution in [3.05, 3.63) is 48.5 Å². The van der Waals surface area contributed by atoms with Gasteiger partial charge in [-0.25, -0.2) is 0 Å². The maximum Gasteiger partial charge on any atom is 0.304 e. The van der Waals surface area contributed by atoms with Crippen molar-refractivity contribution in [3.63, 3.8) is 0 Å². The maximum absolute atomic E-state index is 13.2.